The third kappa shape index (κ3) is 6.51. The molecule has 2 aromatic heterocycles. The number of carbonyl (C=O) groups excluding carboxylic acids is 1. The quantitative estimate of drug-likeness (QED) is 0.207. The SMILES string of the molecule is CCCCNC(=O)CCCOC1=CC(c2nc3cc(-c4nc5ccc(N6CCN(C)CC6)cc5[nH]4)ccc3[nH]2)CC=C1. The highest BCUT2D eigenvalue weighted by molar-refractivity contribution is 5.86. The number of imidazole rings is 2. The molecule has 1 aliphatic carbocycles. The Hall–Kier alpha value is -4.11. The van der Waals surface area contributed by atoms with Crippen molar-refractivity contribution in [3.05, 3.63) is 66.2 Å². The summed E-state index contributed by atoms with van der Waals surface area (Å²) in [7, 11) is 2.18. The molecule has 9 nitrogen and oxygen atoms in total. The van der Waals surface area contributed by atoms with Crippen LogP contribution in [0.15, 0.2) is 60.4 Å². The number of aromatic amines is 2. The van der Waals surface area contributed by atoms with E-state index >= 15 is 0 Å². The van der Waals surface area contributed by atoms with Crippen LogP contribution in [0.2, 0.25) is 0 Å². The Morgan fingerprint density at radius 1 is 1.02 bits per heavy atom. The second-order valence-electron chi connectivity index (χ2n) is 11.4. The van der Waals surface area contributed by atoms with Crippen molar-refractivity contribution in [3.8, 4) is 11.4 Å². The normalized spacial score (nSPS) is 17.6. The van der Waals surface area contributed by atoms with E-state index < -0.39 is 0 Å². The fourth-order valence-corrected chi connectivity index (χ4v) is 5.60. The number of allylic oxidation sites excluding steroid dienone is 3. The monoisotopic (exact) mass is 567 g/mol. The van der Waals surface area contributed by atoms with Crippen molar-refractivity contribution in [3.63, 3.8) is 0 Å². The van der Waals surface area contributed by atoms with E-state index in [0.29, 0.717) is 19.4 Å². The van der Waals surface area contributed by atoms with Gasteiger partial charge in [-0.3, -0.25) is 4.79 Å². The number of hydrogen-bond acceptors (Lipinski definition) is 6. The molecule has 1 fully saturated rings. The maximum atomic E-state index is 11.9. The van der Waals surface area contributed by atoms with E-state index in [1.165, 1.54) is 5.69 Å². The molecule has 4 aromatic rings. The van der Waals surface area contributed by atoms with E-state index in [1.54, 1.807) is 0 Å². The highest BCUT2D eigenvalue weighted by Crippen LogP contribution is 2.30. The van der Waals surface area contributed by atoms with E-state index in [9.17, 15) is 4.79 Å². The Kier molecular flexibility index (Phi) is 8.55. The van der Waals surface area contributed by atoms with Gasteiger partial charge in [-0.1, -0.05) is 19.4 Å². The molecule has 3 heterocycles. The van der Waals surface area contributed by atoms with Crippen LogP contribution in [0.3, 0.4) is 0 Å². The number of H-pyrrole nitrogens is 2. The van der Waals surface area contributed by atoms with Crippen LogP contribution in [0.25, 0.3) is 33.5 Å². The van der Waals surface area contributed by atoms with E-state index in [0.717, 1.165) is 97.0 Å². The first-order valence-corrected chi connectivity index (χ1v) is 15.3. The summed E-state index contributed by atoms with van der Waals surface area (Å²) >= 11 is 0. The molecule has 1 atom stereocenters. The number of amides is 1. The predicted octanol–water partition coefficient (Wildman–Crippen LogP) is 5.50. The Morgan fingerprint density at radius 2 is 1.90 bits per heavy atom. The summed E-state index contributed by atoms with van der Waals surface area (Å²) < 4.78 is 5.98. The van der Waals surface area contributed by atoms with Gasteiger partial charge in [-0.2, -0.15) is 0 Å². The fourth-order valence-electron chi connectivity index (χ4n) is 5.60. The van der Waals surface area contributed by atoms with Crippen LogP contribution >= 0.6 is 0 Å². The largest absolute Gasteiger partial charge is 0.494 e. The summed E-state index contributed by atoms with van der Waals surface area (Å²) in [5.41, 5.74) is 6.19. The van der Waals surface area contributed by atoms with Gasteiger partial charge in [0.2, 0.25) is 5.91 Å². The standard InChI is InChI=1S/C33H41N7O2/c1-3-4-14-34-31(41)9-6-19-42-26-8-5-7-23(20-26)32-35-27-12-10-24(21-29(27)37-32)33-36-28-13-11-25(22-30(28)38-33)40-17-15-39(2)16-18-40/h5,8,10-13,20-23H,3-4,6-7,9,14-19H2,1-2H3,(H,34,41)(H,35,37)(H,36,38). The van der Waals surface area contributed by atoms with Gasteiger partial charge in [-0.25, -0.2) is 9.97 Å². The van der Waals surface area contributed by atoms with Crippen LogP contribution in [0.4, 0.5) is 5.69 Å². The predicted molar refractivity (Wildman–Crippen MR) is 169 cm³/mol. The molecule has 0 radical (unpaired) electrons. The van der Waals surface area contributed by atoms with Gasteiger partial charge in [0.25, 0.3) is 0 Å². The van der Waals surface area contributed by atoms with E-state index in [2.05, 4.69) is 87.6 Å². The van der Waals surface area contributed by atoms with E-state index in [4.69, 9.17) is 14.7 Å². The van der Waals surface area contributed by atoms with Gasteiger partial charge < -0.3 is 29.8 Å². The summed E-state index contributed by atoms with van der Waals surface area (Å²) in [4.78, 5) is 33.6. The minimum atomic E-state index is 0.0952. The lowest BCUT2D eigenvalue weighted by atomic mass is 9.99. The van der Waals surface area contributed by atoms with Gasteiger partial charge >= 0.3 is 0 Å². The molecule has 9 heteroatoms. The number of benzene rings is 2. The third-order valence-electron chi connectivity index (χ3n) is 8.17. The minimum absolute atomic E-state index is 0.0952. The van der Waals surface area contributed by atoms with Crippen molar-refractivity contribution in [1.29, 1.82) is 0 Å². The molecule has 2 aromatic carbocycles. The average Bonchev–Trinajstić information content (AvgIpc) is 3.64. The van der Waals surface area contributed by atoms with Gasteiger partial charge in [-0.15, -0.1) is 0 Å². The Balaban J connectivity index is 1.10. The molecule has 3 N–H and O–H groups in total. The number of piperazine rings is 1. The number of nitrogens with zero attached hydrogens (tertiary/aromatic N) is 4. The second-order valence-corrected chi connectivity index (χ2v) is 11.4. The molecule has 0 bridgehead atoms. The molecule has 0 spiro atoms. The number of anilines is 1. The topological polar surface area (TPSA) is 102 Å². The Labute approximate surface area is 247 Å². The molecule has 1 saturated heterocycles. The Bertz CT molecular complexity index is 1590. The molecule has 1 amide bonds. The first-order valence-electron chi connectivity index (χ1n) is 15.3. The number of rotatable bonds is 11. The van der Waals surface area contributed by atoms with Crippen molar-refractivity contribution >= 4 is 33.7 Å². The fraction of sp³-hybridized carbons (Fsp3) is 0.424. The van der Waals surface area contributed by atoms with Gasteiger partial charge in [0.1, 0.15) is 17.4 Å². The maximum Gasteiger partial charge on any atom is 0.220 e. The van der Waals surface area contributed by atoms with E-state index in [1.807, 2.05) is 6.08 Å². The highest BCUT2D eigenvalue weighted by Gasteiger charge is 2.18. The smallest absolute Gasteiger partial charge is 0.220 e. The number of ether oxygens (including phenoxy) is 1. The summed E-state index contributed by atoms with van der Waals surface area (Å²) in [6.07, 6.45) is 10.4. The number of fused-ring (bicyclic) bond motifs is 2. The van der Waals surface area contributed by atoms with Crippen molar-refractivity contribution in [2.45, 2.75) is 44.9 Å². The van der Waals surface area contributed by atoms with Gasteiger partial charge in [-0.05, 0) is 74.9 Å². The zero-order chi connectivity index (χ0) is 28.9. The lowest BCUT2D eigenvalue weighted by molar-refractivity contribution is -0.121. The molecule has 1 unspecified atom stereocenters. The molecular weight excluding hydrogens is 526 g/mol. The van der Waals surface area contributed by atoms with Crippen molar-refractivity contribution in [2.24, 2.45) is 0 Å². The van der Waals surface area contributed by atoms with Crippen molar-refractivity contribution in [1.82, 2.24) is 30.2 Å². The lowest BCUT2D eigenvalue weighted by Gasteiger charge is -2.34. The van der Waals surface area contributed by atoms with Crippen LogP contribution in [0.1, 0.15) is 50.8 Å². The minimum Gasteiger partial charge on any atom is -0.494 e. The molecule has 1 aliphatic heterocycles. The first kappa shape index (κ1) is 28.0. The van der Waals surface area contributed by atoms with Crippen molar-refractivity contribution in [2.75, 3.05) is 51.3 Å². The Morgan fingerprint density at radius 3 is 2.76 bits per heavy atom. The lowest BCUT2D eigenvalue weighted by Crippen LogP contribution is -2.44. The maximum absolute atomic E-state index is 11.9. The summed E-state index contributed by atoms with van der Waals surface area (Å²) in [6.45, 7) is 7.63. The zero-order valence-corrected chi connectivity index (χ0v) is 24.7. The third-order valence-corrected chi connectivity index (χ3v) is 8.17. The number of unbranched alkanes of at least 4 members (excludes halogenated alkanes) is 1. The van der Waals surface area contributed by atoms with Crippen LogP contribution in [0.5, 0.6) is 0 Å². The molecule has 0 saturated carbocycles. The van der Waals surface area contributed by atoms with E-state index in [-0.39, 0.29) is 11.8 Å². The van der Waals surface area contributed by atoms with Gasteiger partial charge in [0.15, 0.2) is 0 Å². The zero-order valence-electron chi connectivity index (χ0n) is 24.7. The summed E-state index contributed by atoms with van der Waals surface area (Å²) in [5, 5.41) is 2.96. The van der Waals surface area contributed by atoms with Gasteiger partial charge in [0.05, 0.1) is 28.7 Å². The summed E-state index contributed by atoms with van der Waals surface area (Å²) in [5.74, 6) is 2.80. The van der Waals surface area contributed by atoms with Crippen LogP contribution in [-0.4, -0.2) is 77.1 Å². The van der Waals surface area contributed by atoms with Gasteiger partial charge in [0, 0.05) is 56.3 Å². The summed E-state index contributed by atoms with van der Waals surface area (Å²) in [6, 6.07) is 12.8. The second kappa shape index (κ2) is 12.8. The number of nitrogens with one attached hydrogen (secondary N) is 3. The number of hydrogen-bond donors (Lipinski definition) is 3. The van der Waals surface area contributed by atoms with Crippen LogP contribution in [-0.2, 0) is 9.53 Å². The molecule has 2 aliphatic rings. The molecule has 42 heavy (non-hydrogen) atoms. The van der Waals surface area contributed by atoms with Crippen LogP contribution in [0, 0.1) is 0 Å². The molecule has 6 rings (SSSR count). The number of aromatic nitrogens is 4. The van der Waals surface area contributed by atoms with Crippen molar-refractivity contribution < 1.29 is 9.53 Å². The number of likely N-dealkylation sites (N-methyl/N-ethyl adjacent to an activating group) is 1. The first-order chi connectivity index (χ1) is 20.6. The average molecular weight is 568 g/mol. The highest BCUT2D eigenvalue weighted by atomic mass is 16.5. The number of carbonyl (C=O) groups is 1. The molecule has 220 valence electrons. The van der Waals surface area contributed by atoms with Crippen LogP contribution < -0.4 is 10.2 Å². The molecular formula is C33H41N7O2.